The zero-order valence-electron chi connectivity index (χ0n) is 20.0. The van der Waals surface area contributed by atoms with Crippen LogP contribution in [0.2, 0.25) is 0 Å². The number of hydrogen-bond acceptors (Lipinski definition) is 8. The second-order valence-electron chi connectivity index (χ2n) is 9.85. The smallest absolute Gasteiger partial charge is 0.221 e. The van der Waals surface area contributed by atoms with Crippen LogP contribution >= 0.6 is 0 Å². The van der Waals surface area contributed by atoms with Crippen molar-refractivity contribution in [3.05, 3.63) is 41.4 Å². The van der Waals surface area contributed by atoms with Crippen LogP contribution in [0.1, 0.15) is 72.9 Å². The van der Waals surface area contributed by atoms with Crippen LogP contribution in [0.4, 0.5) is 0 Å². The number of aromatic nitrogens is 8. The van der Waals surface area contributed by atoms with Crippen LogP contribution in [0.5, 0.6) is 5.88 Å². The van der Waals surface area contributed by atoms with Crippen LogP contribution < -0.4 is 4.74 Å². The summed E-state index contributed by atoms with van der Waals surface area (Å²) in [5.41, 5.74) is 5.78. The molecule has 10 heteroatoms. The molecule has 0 amide bonds. The Morgan fingerprint density at radius 2 is 1.83 bits per heavy atom. The molecule has 0 bridgehead atoms. The molecule has 0 radical (unpaired) electrons. The zero-order valence-corrected chi connectivity index (χ0v) is 20.0. The predicted molar refractivity (Wildman–Crippen MR) is 127 cm³/mol. The summed E-state index contributed by atoms with van der Waals surface area (Å²) in [5.74, 6) is 1.68. The van der Waals surface area contributed by atoms with Crippen LogP contribution in [0, 0.1) is 13.8 Å². The molecule has 0 aromatic carbocycles. The third-order valence-corrected chi connectivity index (χ3v) is 7.32. The minimum atomic E-state index is -0.0120. The van der Waals surface area contributed by atoms with Gasteiger partial charge in [0.1, 0.15) is 17.0 Å². The van der Waals surface area contributed by atoms with Crippen molar-refractivity contribution in [2.24, 2.45) is 0 Å². The van der Waals surface area contributed by atoms with Gasteiger partial charge in [0.05, 0.1) is 48.1 Å². The van der Waals surface area contributed by atoms with Crippen molar-refractivity contribution in [1.29, 1.82) is 0 Å². The molecule has 1 aliphatic carbocycles. The Morgan fingerprint density at radius 1 is 0.943 bits per heavy atom. The normalized spacial score (nSPS) is 22.2. The molecule has 180 valence electrons. The zero-order chi connectivity index (χ0) is 23.5. The summed E-state index contributed by atoms with van der Waals surface area (Å²) in [4.78, 5) is 19.7. The Balaban J connectivity index is 1.29. The van der Waals surface area contributed by atoms with E-state index in [1.807, 2.05) is 30.9 Å². The highest BCUT2D eigenvalue weighted by atomic mass is 16.5. The van der Waals surface area contributed by atoms with E-state index >= 15 is 0 Å². The topological polar surface area (TPSA) is 106 Å². The lowest BCUT2D eigenvalue weighted by Gasteiger charge is -2.28. The van der Waals surface area contributed by atoms with Gasteiger partial charge in [-0.05, 0) is 39.5 Å². The molecule has 6 heterocycles. The molecule has 2 aliphatic heterocycles. The number of fused-ring (bicyclic) bond motifs is 2. The van der Waals surface area contributed by atoms with Crippen molar-refractivity contribution in [1.82, 2.24) is 39.5 Å². The Hall–Kier alpha value is -3.40. The van der Waals surface area contributed by atoms with Crippen LogP contribution in [0.15, 0.2) is 18.6 Å². The average molecular weight is 473 g/mol. The third kappa shape index (κ3) is 3.67. The number of ether oxygens (including phenoxy) is 2. The SMILES string of the molecule is Cc1nc2nc(C3CCOC(c4cnn(C5CC5)c4)C3)nc(-c3cnn4c3OCCC4)c2nc1C. The standard InChI is InChI=1S/C25H28N8O2/c1-14-15(2)29-24-22(28-14)21(19-12-27-32-7-3-8-35-25(19)32)30-23(31-24)16-6-9-34-20(10-16)17-11-26-33(13-17)18-4-5-18/h11-13,16,18,20H,3-10H2,1-2H3. The summed E-state index contributed by atoms with van der Waals surface area (Å²) in [6.45, 7) is 6.11. The van der Waals surface area contributed by atoms with Gasteiger partial charge in [-0.2, -0.15) is 10.2 Å². The van der Waals surface area contributed by atoms with Crippen LogP contribution in [0.3, 0.4) is 0 Å². The second kappa shape index (κ2) is 8.08. The maximum Gasteiger partial charge on any atom is 0.221 e. The van der Waals surface area contributed by atoms with Gasteiger partial charge in [0.15, 0.2) is 5.65 Å². The first-order chi connectivity index (χ1) is 17.1. The summed E-state index contributed by atoms with van der Waals surface area (Å²) < 4.78 is 16.1. The van der Waals surface area contributed by atoms with Crippen molar-refractivity contribution in [3.8, 4) is 17.1 Å². The van der Waals surface area contributed by atoms with E-state index in [1.165, 1.54) is 12.8 Å². The lowest BCUT2D eigenvalue weighted by molar-refractivity contribution is 0.00396. The van der Waals surface area contributed by atoms with E-state index in [0.717, 1.165) is 65.7 Å². The molecule has 2 atom stereocenters. The molecule has 7 rings (SSSR count). The van der Waals surface area contributed by atoms with Crippen LogP contribution in [-0.2, 0) is 11.3 Å². The van der Waals surface area contributed by atoms with E-state index in [9.17, 15) is 0 Å². The quantitative estimate of drug-likeness (QED) is 0.441. The van der Waals surface area contributed by atoms with Gasteiger partial charge in [-0.3, -0.25) is 4.68 Å². The summed E-state index contributed by atoms with van der Waals surface area (Å²) in [7, 11) is 0. The Labute approximate surface area is 202 Å². The second-order valence-corrected chi connectivity index (χ2v) is 9.85. The van der Waals surface area contributed by atoms with E-state index < -0.39 is 0 Å². The van der Waals surface area contributed by atoms with Crippen LogP contribution in [0.25, 0.3) is 22.4 Å². The fourth-order valence-electron chi connectivity index (χ4n) is 5.05. The number of hydrogen-bond donors (Lipinski definition) is 0. The van der Waals surface area contributed by atoms with Gasteiger partial charge in [0.2, 0.25) is 5.88 Å². The molecular formula is C25H28N8O2. The molecule has 1 saturated carbocycles. The summed E-state index contributed by atoms with van der Waals surface area (Å²) >= 11 is 0. The van der Waals surface area contributed by atoms with Crippen molar-refractivity contribution in [2.75, 3.05) is 13.2 Å². The Bertz CT molecular complexity index is 1420. The molecule has 35 heavy (non-hydrogen) atoms. The van der Waals surface area contributed by atoms with Gasteiger partial charge in [0, 0.05) is 37.3 Å². The van der Waals surface area contributed by atoms with Gasteiger partial charge in [0.25, 0.3) is 0 Å². The molecular weight excluding hydrogens is 444 g/mol. The summed E-state index contributed by atoms with van der Waals surface area (Å²) in [6, 6.07) is 0.559. The predicted octanol–water partition coefficient (Wildman–Crippen LogP) is 3.85. The Morgan fingerprint density at radius 3 is 2.71 bits per heavy atom. The average Bonchev–Trinajstić information content (AvgIpc) is 3.45. The molecule has 0 spiro atoms. The monoisotopic (exact) mass is 472 g/mol. The van der Waals surface area contributed by atoms with Crippen molar-refractivity contribution in [3.63, 3.8) is 0 Å². The lowest BCUT2D eigenvalue weighted by Crippen LogP contribution is -2.20. The highest BCUT2D eigenvalue weighted by Crippen LogP contribution is 2.40. The van der Waals surface area contributed by atoms with Crippen molar-refractivity contribution >= 4 is 11.2 Å². The molecule has 3 aliphatic rings. The minimum Gasteiger partial charge on any atom is -0.477 e. The van der Waals surface area contributed by atoms with Gasteiger partial charge in [-0.15, -0.1) is 0 Å². The number of rotatable bonds is 4. The Kier molecular flexibility index (Phi) is 4.83. The minimum absolute atomic E-state index is 0.0120. The van der Waals surface area contributed by atoms with Crippen molar-refractivity contribution < 1.29 is 9.47 Å². The highest BCUT2D eigenvalue weighted by molar-refractivity contribution is 5.88. The summed E-state index contributed by atoms with van der Waals surface area (Å²) in [5, 5.41) is 9.11. The van der Waals surface area contributed by atoms with Gasteiger partial charge >= 0.3 is 0 Å². The maximum atomic E-state index is 6.16. The molecule has 4 aromatic heterocycles. The molecule has 2 unspecified atom stereocenters. The number of aryl methyl sites for hydroxylation is 3. The molecule has 4 aromatic rings. The molecule has 1 saturated heterocycles. The highest BCUT2D eigenvalue weighted by Gasteiger charge is 2.31. The summed E-state index contributed by atoms with van der Waals surface area (Å²) in [6.07, 6.45) is 11.0. The van der Waals surface area contributed by atoms with E-state index in [1.54, 1.807) is 0 Å². The first kappa shape index (κ1) is 20.9. The number of nitrogens with zero attached hydrogens (tertiary/aromatic N) is 8. The van der Waals surface area contributed by atoms with E-state index in [0.29, 0.717) is 30.4 Å². The maximum absolute atomic E-state index is 6.16. The third-order valence-electron chi connectivity index (χ3n) is 7.32. The van der Waals surface area contributed by atoms with E-state index in [-0.39, 0.29) is 12.0 Å². The largest absolute Gasteiger partial charge is 0.477 e. The van der Waals surface area contributed by atoms with Gasteiger partial charge < -0.3 is 9.47 Å². The van der Waals surface area contributed by atoms with Gasteiger partial charge in [-0.25, -0.2) is 24.6 Å². The van der Waals surface area contributed by atoms with Crippen LogP contribution in [-0.4, -0.2) is 52.7 Å². The first-order valence-corrected chi connectivity index (χ1v) is 12.5. The first-order valence-electron chi connectivity index (χ1n) is 12.5. The van der Waals surface area contributed by atoms with E-state index in [4.69, 9.17) is 29.4 Å². The fourth-order valence-corrected chi connectivity index (χ4v) is 5.05. The molecule has 2 fully saturated rings. The van der Waals surface area contributed by atoms with Crippen molar-refractivity contribution in [2.45, 2.75) is 70.6 Å². The van der Waals surface area contributed by atoms with E-state index in [2.05, 4.69) is 21.1 Å². The lowest BCUT2D eigenvalue weighted by atomic mass is 9.92. The molecule has 0 N–H and O–H groups in total. The van der Waals surface area contributed by atoms with Gasteiger partial charge in [-0.1, -0.05) is 0 Å². The molecule has 10 nitrogen and oxygen atoms in total. The fraction of sp³-hybridized carbons (Fsp3) is 0.520.